The Kier molecular flexibility index (Phi) is 3.76. The first-order valence-corrected chi connectivity index (χ1v) is 8.22. The second-order valence-corrected chi connectivity index (χ2v) is 6.21. The minimum Gasteiger partial charge on any atom is -0.349 e. The fourth-order valence-corrected chi connectivity index (χ4v) is 3.14. The number of fused-ring (bicyclic) bond motifs is 1. The minimum atomic E-state index is -0.162. The number of aromatic nitrogens is 4. The molecule has 0 amide bonds. The first-order chi connectivity index (χ1) is 11.8. The number of nitrogens with one attached hydrogen (secondary N) is 2. The van der Waals surface area contributed by atoms with Crippen molar-refractivity contribution in [3.63, 3.8) is 0 Å². The molecule has 0 aliphatic carbocycles. The van der Waals surface area contributed by atoms with Crippen LogP contribution in [0, 0.1) is 0 Å². The zero-order valence-electron chi connectivity index (χ0n) is 12.6. The monoisotopic (exact) mass is 335 g/mol. The molecule has 2 aromatic carbocycles. The number of H-pyrrole nitrogens is 1. The normalized spacial score (nSPS) is 10.8. The Morgan fingerprint density at radius 1 is 1.00 bits per heavy atom. The zero-order chi connectivity index (χ0) is 16.4. The van der Waals surface area contributed by atoms with E-state index in [1.54, 1.807) is 6.07 Å². The van der Waals surface area contributed by atoms with Gasteiger partial charge in [0.1, 0.15) is 10.0 Å². The van der Waals surface area contributed by atoms with Crippen molar-refractivity contribution in [2.24, 2.45) is 0 Å². The number of nitrogens with zero attached hydrogens (tertiary/aromatic N) is 3. The summed E-state index contributed by atoms with van der Waals surface area (Å²) in [6.07, 6.45) is 0. The number of anilines is 1. The van der Waals surface area contributed by atoms with Gasteiger partial charge in [0.25, 0.3) is 5.56 Å². The predicted molar refractivity (Wildman–Crippen MR) is 95.0 cm³/mol. The molecular formula is C17H13N5OS. The van der Waals surface area contributed by atoms with Gasteiger partial charge in [0.15, 0.2) is 0 Å². The highest BCUT2D eigenvalue weighted by molar-refractivity contribution is 7.14. The zero-order valence-corrected chi connectivity index (χ0v) is 13.4. The van der Waals surface area contributed by atoms with Gasteiger partial charge in [0.05, 0.1) is 17.4 Å². The Bertz CT molecular complexity index is 1040. The molecule has 0 aliphatic rings. The highest BCUT2D eigenvalue weighted by Gasteiger charge is 2.07. The van der Waals surface area contributed by atoms with Gasteiger partial charge >= 0.3 is 0 Å². The molecule has 0 bridgehead atoms. The fourth-order valence-electron chi connectivity index (χ4n) is 2.35. The van der Waals surface area contributed by atoms with E-state index in [-0.39, 0.29) is 5.56 Å². The van der Waals surface area contributed by atoms with E-state index in [1.165, 1.54) is 11.3 Å². The second-order valence-electron chi connectivity index (χ2n) is 5.15. The fraction of sp³-hybridized carbons (Fsp3) is 0.0588. The van der Waals surface area contributed by atoms with Gasteiger partial charge < -0.3 is 5.32 Å². The summed E-state index contributed by atoms with van der Waals surface area (Å²) in [5.41, 5.74) is 1.54. The van der Waals surface area contributed by atoms with Crippen molar-refractivity contribution < 1.29 is 0 Å². The summed E-state index contributed by atoms with van der Waals surface area (Å²) in [6.45, 7) is 0.450. The van der Waals surface area contributed by atoms with Crippen molar-refractivity contribution in [2.45, 2.75) is 6.54 Å². The van der Waals surface area contributed by atoms with Crippen LogP contribution >= 0.6 is 11.3 Å². The third-order valence-electron chi connectivity index (χ3n) is 3.51. The van der Waals surface area contributed by atoms with E-state index in [0.717, 1.165) is 15.6 Å². The largest absolute Gasteiger partial charge is 0.349 e. The molecule has 7 heteroatoms. The molecule has 24 heavy (non-hydrogen) atoms. The van der Waals surface area contributed by atoms with Gasteiger partial charge in [0.2, 0.25) is 5.95 Å². The average molecular weight is 335 g/mol. The molecule has 4 aromatic rings. The summed E-state index contributed by atoms with van der Waals surface area (Å²) in [5, 5.41) is 13.7. The Hall–Kier alpha value is -3.06. The summed E-state index contributed by atoms with van der Waals surface area (Å²) < 4.78 is 0. The van der Waals surface area contributed by atoms with Crippen molar-refractivity contribution in [2.75, 3.05) is 5.32 Å². The molecule has 0 fully saturated rings. The maximum absolute atomic E-state index is 12.0. The van der Waals surface area contributed by atoms with E-state index >= 15 is 0 Å². The molecule has 0 unspecified atom stereocenters. The van der Waals surface area contributed by atoms with Crippen LogP contribution in [-0.2, 0) is 6.54 Å². The number of para-hydroxylation sites is 1. The van der Waals surface area contributed by atoms with E-state index < -0.39 is 0 Å². The van der Waals surface area contributed by atoms with Gasteiger partial charge in [-0.05, 0) is 12.1 Å². The number of rotatable bonds is 4. The third-order valence-corrected chi connectivity index (χ3v) is 4.48. The van der Waals surface area contributed by atoms with Crippen LogP contribution in [0.15, 0.2) is 59.4 Å². The molecule has 0 saturated carbocycles. The molecule has 2 aromatic heterocycles. The Morgan fingerprint density at radius 2 is 1.79 bits per heavy atom. The number of aromatic amines is 1. The van der Waals surface area contributed by atoms with Gasteiger partial charge in [-0.1, -0.05) is 53.8 Å². The maximum Gasteiger partial charge on any atom is 0.260 e. The summed E-state index contributed by atoms with van der Waals surface area (Å²) in [7, 11) is 0. The molecule has 4 rings (SSSR count). The van der Waals surface area contributed by atoms with Crippen LogP contribution in [0.1, 0.15) is 5.01 Å². The van der Waals surface area contributed by atoms with E-state index in [0.29, 0.717) is 23.4 Å². The summed E-state index contributed by atoms with van der Waals surface area (Å²) >= 11 is 1.51. The van der Waals surface area contributed by atoms with Gasteiger partial charge in [-0.15, -0.1) is 10.2 Å². The predicted octanol–water partition coefficient (Wildman–Crippen LogP) is 3.05. The van der Waals surface area contributed by atoms with Crippen molar-refractivity contribution in [1.82, 2.24) is 20.2 Å². The molecule has 0 aliphatic heterocycles. The van der Waals surface area contributed by atoms with Crippen LogP contribution in [0.25, 0.3) is 21.5 Å². The van der Waals surface area contributed by atoms with Crippen LogP contribution in [0.4, 0.5) is 5.95 Å². The molecular weight excluding hydrogens is 322 g/mol. The summed E-state index contributed by atoms with van der Waals surface area (Å²) in [5.74, 6) is 0.426. The van der Waals surface area contributed by atoms with Crippen molar-refractivity contribution in [3.05, 3.63) is 70.0 Å². The van der Waals surface area contributed by atoms with Crippen LogP contribution < -0.4 is 10.9 Å². The highest BCUT2D eigenvalue weighted by atomic mass is 32.1. The van der Waals surface area contributed by atoms with Crippen LogP contribution in [0.3, 0.4) is 0 Å². The lowest BCUT2D eigenvalue weighted by Crippen LogP contribution is -2.13. The quantitative estimate of drug-likeness (QED) is 0.599. The van der Waals surface area contributed by atoms with Crippen LogP contribution in [0.2, 0.25) is 0 Å². The Morgan fingerprint density at radius 3 is 2.67 bits per heavy atom. The SMILES string of the molecule is O=c1[nH]c(NCc2nnc(-c3ccccc3)s2)nc2ccccc12. The number of hydrogen-bond donors (Lipinski definition) is 2. The lowest BCUT2D eigenvalue weighted by atomic mass is 10.2. The van der Waals surface area contributed by atoms with Crippen LogP contribution in [-0.4, -0.2) is 20.2 Å². The van der Waals surface area contributed by atoms with E-state index in [2.05, 4.69) is 25.5 Å². The van der Waals surface area contributed by atoms with E-state index in [4.69, 9.17) is 0 Å². The lowest BCUT2D eigenvalue weighted by Gasteiger charge is -2.04. The Balaban J connectivity index is 1.53. The molecule has 2 N–H and O–H groups in total. The highest BCUT2D eigenvalue weighted by Crippen LogP contribution is 2.23. The molecule has 6 nitrogen and oxygen atoms in total. The summed E-state index contributed by atoms with van der Waals surface area (Å²) in [4.78, 5) is 19.2. The van der Waals surface area contributed by atoms with Crippen molar-refractivity contribution in [3.8, 4) is 10.6 Å². The molecule has 0 atom stereocenters. The van der Waals surface area contributed by atoms with E-state index in [9.17, 15) is 4.79 Å². The molecule has 0 radical (unpaired) electrons. The smallest absolute Gasteiger partial charge is 0.260 e. The Labute approximate surface area is 141 Å². The van der Waals surface area contributed by atoms with Crippen LogP contribution in [0.5, 0.6) is 0 Å². The first-order valence-electron chi connectivity index (χ1n) is 7.40. The van der Waals surface area contributed by atoms with Gasteiger partial charge in [-0.25, -0.2) is 4.98 Å². The number of benzene rings is 2. The summed E-state index contributed by atoms with van der Waals surface area (Å²) in [6, 6.07) is 17.1. The topological polar surface area (TPSA) is 83.6 Å². The number of hydrogen-bond acceptors (Lipinski definition) is 6. The standard InChI is InChI=1S/C17H13N5OS/c23-15-12-8-4-5-9-13(12)19-17(20-15)18-10-14-21-22-16(24-14)11-6-2-1-3-7-11/h1-9H,10H2,(H2,18,19,20,23). The average Bonchev–Trinajstić information content (AvgIpc) is 3.10. The molecule has 118 valence electrons. The first kappa shape index (κ1) is 14.5. The minimum absolute atomic E-state index is 0.162. The molecule has 2 heterocycles. The molecule has 0 saturated heterocycles. The maximum atomic E-state index is 12.0. The lowest BCUT2D eigenvalue weighted by molar-refractivity contribution is 0.973. The third kappa shape index (κ3) is 2.89. The van der Waals surface area contributed by atoms with Gasteiger partial charge in [0, 0.05) is 5.56 Å². The molecule has 0 spiro atoms. The van der Waals surface area contributed by atoms with Crippen molar-refractivity contribution >= 4 is 28.2 Å². The van der Waals surface area contributed by atoms with E-state index in [1.807, 2.05) is 48.5 Å². The van der Waals surface area contributed by atoms with Gasteiger partial charge in [-0.2, -0.15) is 0 Å². The van der Waals surface area contributed by atoms with Crippen molar-refractivity contribution in [1.29, 1.82) is 0 Å². The second kappa shape index (κ2) is 6.21. The van der Waals surface area contributed by atoms with Gasteiger partial charge in [-0.3, -0.25) is 9.78 Å².